The Kier molecular flexibility index (Phi) is 4.54. The molecule has 0 bridgehead atoms. The van der Waals surface area contributed by atoms with E-state index in [0.717, 1.165) is 25.3 Å². The summed E-state index contributed by atoms with van der Waals surface area (Å²) >= 11 is 0. The lowest BCUT2D eigenvalue weighted by molar-refractivity contribution is 0.0602. The number of aromatic amines is 1. The first-order valence-electron chi connectivity index (χ1n) is 10.2. The van der Waals surface area contributed by atoms with Gasteiger partial charge in [-0.3, -0.25) is 28.4 Å². The molecule has 1 aliphatic heterocycles. The zero-order chi connectivity index (χ0) is 21.7. The molecule has 0 spiro atoms. The van der Waals surface area contributed by atoms with Gasteiger partial charge in [0.25, 0.3) is 11.5 Å². The van der Waals surface area contributed by atoms with Crippen LogP contribution in [0.15, 0.2) is 38.6 Å². The molecule has 1 fully saturated rings. The monoisotopic (exact) mass is 425 g/mol. The Morgan fingerprint density at radius 3 is 2.68 bits per heavy atom. The van der Waals surface area contributed by atoms with Crippen molar-refractivity contribution in [2.45, 2.75) is 13.5 Å². The number of piperazine rings is 1. The van der Waals surface area contributed by atoms with Gasteiger partial charge in [0.15, 0.2) is 16.9 Å². The smallest absolute Gasteiger partial charge is 0.329 e. The first-order chi connectivity index (χ1) is 14.9. The molecule has 0 atom stereocenters. The number of aromatic nitrogens is 5. The van der Waals surface area contributed by atoms with E-state index < -0.39 is 11.2 Å². The summed E-state index contributed by atoms with van der Waals surface area (Å²) in [5.41, 5.74) is 0.777. The number of fused-ring (bicyclic) bond motifs is 3. The van der Waals surface area contributed by atoms with Gasteiger partial charge >= 0.3 is 5.69 Å². The normalized spacial score (nSPS) is 15.4. The predicted octanol–water partition coefficient (Wildman–Crippen LogP) is 0.0354. The van der Waals surface area contributed by atoms with Crippen LogP contribution in [0.2, 0.25) is 0 Å². The summed E-state index contributed by atoms with van der Waals surface area (Å²) in [5.74, 6) is 0.924. The zero-order valence-electron chi connectivity index (χ0n) is 17.4. The van der Waals surface area contributed by atoms with Crippen molar-refractivity contribution < 1.29 is 9.21 Å². The minimum absolute atomic E-state index is 0.0764. The highest BCUT2D eigenvalue weighted by Gasteiger charge is 2.24. The Morgan fingerprint density at radius 2 is 1.97 bits per heavy atom. The summed E-state index contributed by atoms with van der Waals surface area (Å²) in [7, 11) is 1.59. The van der Waals surface area contributed by atoms with E-state index in [1.54, 1.807) is 23.6 Å². The zero-order valence-corrected chi connectivity index (χ0v) is 17.4. The first kappa shape index (κ1) is 19.4. The maximum Gasteiger partial charge on any atom is 0.329 e. The lowest BCUT2D eigenvalue weighted by Crippen LogP contribution is -2.49. The van der Waals surface area contributed by atoms with Crippen LogP contribution in [-0.4, -0.2) is 71.9 Å². The molecule has 5 rings (SSSR count). The van der Waals surface area contributed by atoms with Gasteiger partial charge in [-0.05, 0) is 19.1 Å². The van der Waals surface area contributed by atoms with Crippen molar-refractivity contribution in [1.29, 1.82) is 0 Å². The summed E-state index contributed by atoms with van der Waals surface area (Å²) in [6.45, 7) is 6.27. The van der Waals surface area contributed by atoms with E-state index in [2.05, 4.69) is 14.9 Å². The van der Waals surface area contributed by atoms with Gasteiger partial charge in [-0.2, -0.15) is 4.98 Å². The van der Waals surface area contributed by atoms with Crippen LogP contribution in [0.3, 0.4) is 0 Å². The van der Waals surface area contributed by atoms with E-state index in [1.807, 2.05) is 22.6 Å². The molecular formula is C20H23N7O4. The largest absolute Gasteiger partial charge is 0.459 e. The van der Waals surface area contributed by atoms with Gasteiger partial charge in [0.05, 0.1) is 6.26 Å². The van der Waals surface area contributed by atoms with Crippen LogP contribution in [0.1, 0.15) is 16.2 Å². The first-order valence-corrected chi connectivity index (χ1v) is 10.2. The number of amides is 1. The molecule has 0 radical (unpaired) electrons. The molecule has 4 aromatic rings. The topological polar surface area (TPSA) is 114 Å². The predicted molar refractivity (Wildman–Crippen MR) is 112 cm³/mol. The van der Waals surface area contributed by atoms with Crippen molar-refractivity contribution in [2.75, 3.05) is 32.7 Å². The number of aryl methyl sites for hydroxylation is 2. The number of carbonyl (C=O) groups excluding carboxylic acids is 1. The van der Waals surface area contributed by atoms with Crippen LogP contribution >= 0.6 is 0 Å². The van der Waals surface area contributed by atoms with Crippen LogP contribution in [-0.2, 0) is 13.6 Å². The third-order valence-electron chi connectivity index (χ3n) is 5.95. The molecule has 1 aliphatic rings. The summed E-state index contributed by atoms with van der Waals surface area (Å²) < 4.78 is 10.3. The van der Waals surface area contributed by atoms with Gasteiger partial charge < -0.3 is 13.9 Å². The highest BCUT2D eigenvalue weighted by molar-refractivity contribution is 5.91. The maximum absolute atomic E-state index is 12.4. The minimum Gasteiger partial charge on any atom is -0.459 e. The van der Waals surface area contributed by atoms with Crippen LogP contribution in [0, 0.1) is 6.92 Å². The van der Waals surface area contributed by atoms with E-state index in [-0.39, 0.29) is 5.91 Å². The fourth-order valence-corrected chi connectivity index (χ4v) is 4.17. The van der Waals surface area contributed by atoms with Crippen LogP contribution in [0.4, 0.5) is 0 Å². The standard InChI is InChI=1S/C20H23N7O4/c1-13-12-27-15-16(23(2)20(30)22-17(15)28)21-19(27)26(13)10-7-24-5-8-25(9-6-24)18(29)14-4-3-11-31-14/h3-4,11-12H,5-10H2,1-2H3,(H,22,28,30). The average molecular weight is 425 g/mol. The van der Waals surface area contributed by atoms with Gasteiger partial charge in [-0.25, -0.2) is 4.79 Å². The second kappa shape index (κ2) is 7.27. The number of H-pyrrole nitrogens is 1. The summed E-state index contributed by atoms with van der Waals surface area (Å²) in [6.07, 6.45) is 3.37. The van der Waals surface area contributed by atoms with Crippen molar-refractivity contribution in [1.82, 2.24) is 33.3 Å². The van der Waals surface area contributed by atoms with Gasteiger partial charge in [0.1, 0.15) is 0 Å². The summed E-state index contributed by atoms with van der Waals surface area (Å²) in [5, 5.41) is 0. The number of hydrogen-bond donors (Lipinski definition) is 1. The van der Waals surface area contributed by atoms with Gasteiger partial charge in [-0.15, -0.1) is 0 Å². The second-order valence-electron chi connectivity index (χ2n) is 7.81. The number of nitrogens with zero attached hydrogens (tertiary/aromatic N) is 6. The number of nitrogens with one attached hydrogen (secondary N) is 1. The van der Waals surface area contributed by atoms with Crippen LogP contribution in [0.5, 0.6) is 0 Å². The molecule has 0 aliphatic carbocycles. The Hall–Kier alpha value is -3.60. The molecular weight excluding hydrogens is 402 g/mol. The molecule has 0 saturated carbocycles. The molecule has 5 heterocycles. The van der Waals surface area contributed by atoms with Crippen LogP contribution < -0.4 is 11.2 Å². The van der Waals surface area contributed by atoms with Gasteiger partial charge in [0, 0.05) is 58.2 Å². The Bertz CT molecular complexity index is 1380. The number of hydrogen-bond acceptors (Lipinski definition) is 6. The van der Waals surface area contributed by atoms with E-state index in [1.165, 1.54) is 10.8 Å². The van der Waals surface area contributed by atoms with E-state index in [9.17, 15) is 14.4 Å². The van der Waals surface area contributed by atoms with Crippen LogP contribution in [0.25, 0.3) is 16.9 Å². The third kappa shape index (κ3) is 3.17. The molecule has 1 amide bonds. The van der Waals surface area contributed by atoms with Crippen molar-refractivity contribution in [2.24, 2.45) is 7.05 Å². The fourth-order valence-electron chi connectivity index (χ4n) is 4.17. The Labute approximate surface area is 176 Å². The van der Waals surface area contributed by atoms with Crippen molar-refractivity contribution >= 4 is 22.8 Å². The molecule has 11 nitrogen and oxygen atoms in total. The highest BCUT2D eigenvalue weighted by Crippen LogP contribution is 2.16. The Balaban J connectivity index is 1.32. The third-order valence-corrected chi connectivity index (χ3v) is 5.95. The number of rotatable bonds is 4. The lowest BCUT2D eigenvalue weighted by atomic mass is 10.3. The second-order valence-corrected chi connectivity index (χ2v) is 7.81. The summed E-state index contributed by atoms with van der Waals surface area (Å²) in [4.78, 5) is 47.7. The molecule has 162 valence electrons. The molecule has 31 heavy (non-hydrogen) atoms. The average Bonchev–Trinajstić information content (AvgIpc) is 3.47. The van der Waals surface area contributed by atoms with Crippen molar-refractivity contribution in [3.05, 3.63) is 56.9 Å². The van der Waals surface area contributed by atoms with Crippen molar-refractivity contribution in [3.63, 3.8) is 0 Å². The molecule has 1 saturated heterocycles. The molecule has 0 aromatic carbocycles. The van der Waals surface area contributed by atoms with Crippen molar-refractivity contribution in [3.8, 4) is 0 Å². The van der Waals surface area contributed by atoms with E-state index >= 15 is 0 Å². The Morgan fingerprint density at radius 1 is 1.19 bits per heavy atom. The summed E-state index contributed by atoms with van der Waals surface area (Å²) in [6, 6.07) is 3.40. The molecule has 4 aromatic heterocycles. The highest BCUT2D eigenvalue weighted by atomic mass is 16.3. The SMILES string of the molecule is Cc1cn2c3c(=O)[nH]c(=O)n(C)c3nc2n1CCN1CCN(C(=O)c2ccco2)CC1. The maximum atomic E-state index is 12.4. The lowest BCUT2D eigenvalue weighted by Gasteiger charge is -2.34. The number of furan rings is 1. The molecule has 11 heteroatoms. The molecule has 1 N–H and O–H groups in total. The van der Waals surface area contributed by atoms with E-state index in [4.69, 9.17) is 4.42 Å². The number of carbonyl (C=O) groups is 1. The molecule has 0 unspecified atom stereocenters. The minimum atomic E-state index is -0.483. The quantitative estimate of drug-likeness (QED) is 0.494. The van der Waals surface area contributed by atoms with Gasteiger partial charge in [0.2, 0.25) is 5.78 Å². The fraction of sp³-hybridized carbons (Fsp3) is 0.400. The number of imidazole rings is 2. The van der Waals surface area contributed by atoms with Gasteiger partial charge in [-0.1, -0.05) is 0 Å². The van der Waals surface area contributed by atoms with E-state index in [0.29, 0.717) is 42.3 Å².